The molecule has 0 spiro atoms. The first-order valence-electron chi connectivity index (χ1n) is 6.71. The van der Waals surface area contributed by atoms with E-state index in [1.165, 1.54) is 12.3 Å². The van der Waals surface area contributed by atoms with Gasteiger partial charge in [0.2, 0.25) is 0 Å². The van der Waals surface area contributed by atoms with Gasteiger partial charge in [0, 0.05) is 0 Å². The van der Waals surface area contributed by atoms with E-state index < -0.39 is 0 Å². The number of anilines is 1. The molecule has 20 heavy (non-hydrogen) atoms. The van der Waals surface area contributed by atoms with Crippen LogP contribution in [0.2, 0.25) is 0 Å². The summed E-state index contributed by atoms with van der Waals surface area (Å²) in [5.41, 5.74) is 2.84. The minimum atomic E-state index is -0.328. The number of benzene rings is 1. The van der Waals surface area contributed by atoms with E-state index in [4.69, 9.17) is 4.74 Å². The normalized spacial score (nSPS) is 12.0. The zero-order valence-corrected chi connectivity index (χ0v) is 12.0. The van der Waals surface area contributed by atoms with Gasteiger partial charge in [-0.25, -0.2) is 4.39 Å². The molecule has 0 saturated carbocycles. The zero-order chi connectivity index (χ0) is 14.5. The fraction of sp³-hybridized carbons (Fsp3) is 0.312. The van der Waals surface area contributed by atoms with Crippen molar-refractivity contribution in [1.29, 1.82) is 0 Å². The fourth-order valence-corrected chi connectivity index (χ4v) is 1.97. The maximum Gasteiger partial charge on any atom is 0.142 e. The van der Waals surface area contributed by atoms with E-state index in [1.54, 1.807) is 6.07 Å². The fourth-order valence-electron chi connectivity index (χ4n) is 1.97. The second-order valence-corrected chi connectivity index (χ2v) is 4.70. The van der Waals surface area contributed by atoms with Gasteiger partial charge in [-0.05, 0) is 50.6 Å². The average Bonchev–Trinajstić information content (AvgIpc) is 2.43. The molecule has 1 unspecified atom stereocenters. The van der Waals surface area contributed by atoms with Crippen LogP contribution in [-0.2, 0) is 0 Å². The van der Waals surface area contributed by atoms with E-state index in [9.17, 15) is 4.39 Å². The Kier molecular flexibility index (Phi) is 4.56. The van der Waals surface area contributed by atoms with Gasteiger partial charge in [-0.2, -0.15) is 0 Å². The van der Waals surface area contributed by atoms with Crippen LogP contribution in [0.25, 0.3) is 0 Å². The van der Waals surface area contributed by atoms with Crippen molar-refractivity contribution in [1.82, 2.24) is 4.98 Å². The standard InChI is InChI=1S/C16H19FN2O/c1-4-20-16-9-11(2)5-7-15(16)19-12(3)14-8-6-13(17)10-18-14/h5-10,12,19H,4H2,1-3H3. The molecule has 0 amide bonds. The Morgan fingerprint density at radius 3 is 2.75 bits per heavy atom. The molecule has 1 heterocycles. The lowest BCUT2D eigenvalue weighted by Crippen LogP contribution is -2.10. The van der Waals surface area contributed by atoms with E-state index in [1.807, 2.05) is 39.0 Å². The Morgan fingerprint density at radius 1 is 1.30 bits per heavy atom. The minimum absolute atomic E-state index is 0.0301. The average molecular weight is 274 g/mol. The highest BCUT2D eigenvalue weighted by Gasteiger charge is 2.10. The molecule has 0 aliphatic heterocycles. The molecule has 0 radical (unpaired) electrons. The smallest absolute Gasteiger partial charge is 0.142 e. The van der Waals surface area contributed by atoms with Crippen LogP contribution >= 0.6 is 0 Å². The lowest BCUT2D eigenvalue weighted by Gasteiger charge is -2.18. The summed E-state index contributed by atoms with van der Waals surface area (Å²) in [7, 11) is 0. The van der Waals surface area contributed by atoms with Crippen LogP contribution in [-0.4, -0.2) is 11.6 Å². The van der Waals surface area contributed by atoms with Crippen LogP contribution in [0.15, 0.2) is 36.5 Å². The van der Waals surface area contributed by atoms with Gasteiger partial charge in [0.1, 0.15) is 11.6 Å². The molecule has 1 aromatic carbocycles. The summed E-state index contributed by atoms with van der Waals surface area (Å²) in [6.45, 7) is 6.57. The summed E-state index contributed by atoms with van der Waals surface area (Å²) < 4.78 is 18.5. The SMILES string of the molecule is CCOc1cc(C)ccc1NC(C)c1ccc(F)cn1. The second kappa shape index (κ2) is 6.37. The molecule has 4 heteroatoms. The van der Waals surface area contributed by atoms with Crippen LogP contribution in [0, 0.1) is 12.7 Å². The van der Waals surface area contributed by atoms with Crippen LogP contribution in [0.5, 0.6) is 5.75 Å². The van der Waals surface area contributed by atoms with Crippen molar-refractivity contribution < 1.29 is 9.13 Å². The Morgan fingerprint density at radius 2 is 2.10 bits per heavy atom. The van der Waals surface area contributed by atoms with Gasteiger partial charge in [-0.3, -0.25) is 4.98 Å². The number of nitrogens with one attached hydrogen (secondary N) is 1. The second-order valence-electron chi connectivity index (χ2n) is 4.70. The third kappa shape index (κ3) is 3.47. The third-order valence-corrected chi connectivity index (χ3v) is 3.00. The number of rotatable bonds is 5. The lowest BCUT2D eigenvalue weighted by molar-refractivity contribution is 0.341. The highest BCUT2D eigenvalue weighted by Crippen LogP contribution is 2.29. The summed E-state index contributed by atoms with van der Waals surface area (Å²) in [6.07, 6.45) is 1.23. The molecule has 0 fully saturated rings. The van der Waals surface area contributed by atoms with Gasteiger partial charge < -0.3 is 10.1 Å². The molecule has 2 aromatic rings. The summed E-state index contributed by atoms with van der Waals surface area (Å²) in [6, 6.07) is 9.07. The van der Waals surface area contributed by atoms with Crippen molar-refractivity contribution in [2.45, 2.75) is 26.8 Å². The third-order valence-electron chi connectivity index (χ3n) is 3.00. The number of hydrogen-bond donors (Lipinski definition) is 1. The van der Waals surface area contributed by atoms with Gasteiger partial charge in [0.15, 0.2) is 0 Å². The summed E-state index contributed by atoms with van der Waals surface area (Å²) in [5.74, 6) is 0.493. The molecular formula is C16H19FN2O. The van der Waals surface area contributed by atoms with E-state index in [2.05, 4.69) is 10.3 Å². The summed E-state index contributed by atoms with van der Waals surface area (Å²) in [4.78, 5) is 4.09. The maximum absolute atomic E-state index is 12.9. The van der Waals surface area contributed by atoms with Crippen molar-refractivity contribution in [3.8, 4) is 5.75 Å². The van der Waals surface area contributed by atoms with Crippen molar-refractivity contribution in [3.63, 3.8) is 0 Å². The summed E-state index contributed by atoms with van der Waals surface area (Å²) >= 11 is 0. The Bertz CT molecular complexity index is 569. The first-order valence-corrected chi connectivity index (χ1v) is 6.71. The molecule has 1 atom stereocenters. The quantitative estimate of drug-likeness (QED) is 0.891. The van der Waals surface area contributed by atoms with Crippen molar-refractivity contribution in [2.24, 2.45) is 0 Å². The van der Waals surface area contributed by atoms with Crippen LogP contribution < -0.4 is 10.1 Å². The number of aromatic nitrogens is 1. The van der Waals surface area contributed by atoms with E-state index in [-0.39, 0.29) is 11.9 Å². The monoisotopic (exact) mass is 274 g/mol. The van der Waals surface area contributed by atoms with E-state index in [0.717, 1.165) is 22.7 Å². The van der Waals surface area contributed by atoms with Gasteiger partial charge in [0.05, 0.1) is 30.2 Å². The highest BCUT2D eigenvalue weighted by molar-refractivity contribution is 5.58. The Labute approximate surface area is 118 Å². The summed E-state index contributed by atoms with van der Waals surface area (Å²) in [5, 5.41) is 3.35. The molecule has 0 saturated heterocycles. The van der Waals surface area contributed by atoms with E-state index in [0.29, 0.717) is 6.61 Å². The molecule has 3 nitrogen and oxygen atoms in total. The van der Waals surface area contributed by atoms with Crippen LogP contribution in [0.1, 0.15) is 31.1 Å². The molecule has 0 aliphatic carbocycles. The lowest BCUT2D eigenvalue weighted by atomic mass is 10.1. The maximum atomic E-state index is 12.9. The van der Waals surface area contributed by atoms with Crippen molar-refractivity contribution in [2.75, 3.05) is 11.9 Å². The molecule has 2 rings (SSSR count). The first-order chi connectivity index (χ1) is 9.60. The molecule has 1 N–H and O–H groups in total. The molecular weight excluding hydrogens is 255 g/mol. The van der Waals surface area contributed by atoms with Crippen LogP contribution in [0.4, 0.5) is 10.1 Å². The predicted molar refractivity (Wildman–Crippen MR) is 78.6 cm³/mol. The van der Waals surface area contributed by atoms with Gasteiger partial charge in [-0.15, -0.1) is 0 Å². The first kappa shape index (κ1) is 14.3. The number of halogens is 1. The molecule has 106 valence electrons. The number of aryl methyl sites for hydroxylation is 1. The molecule has 0 aliphatic rings. The number of nitrogens with zero attached hydrogens (tertiary/aromatic N) is 1. The topological polar surface area (TPSA) is 34.1 Å². The Hall–Kier alpha value is -2.10. The van der Waals surface area contributed by atoms with Gasteiger partial charge in [-0.1, -0.05) is 6.07 Å². The Balaban J connectivity index is 2.18. The zero-order valence-electron chi connectivity index (χ0n) is 12.0. The highest BCUT2D eigenvalue weighted by atomic mass is 19.1. The minimum Gasteiger partial charge on any atom is -0.492 e. The van der Waals surface area contributed by atoms with Crippen molar-refractivity contribution in [3.05, 3.63) is 53.6 Å². The van der Waals surface area contributed by atoms with Gasteiger partial charge in [0.25, 0.3) is 0 Å². The van der Waals surface area contributed by atoms with E-state index >= 15 is 0 Å². The van der Waals surface area contributed by atoms with Crippen molar-refractivity contribution >= 4 is 5.69 Å². The number of ether oxygens (including phenoxy) is 1. The number of pyridine rings is 1. The molecule has 0 bridgehead atoms. The van der Waals surface area contributed by atoms with Gasteiger partial charge >= 0.3 is 0 Å². The largest absolute Gasteiger partial charge is 0.492 e. The predicted octanol–water partition coefficient (Wildman–Crippen LogP) is 4.10. The van der Waals surface area contributed by atoms with Crippen LogP contribution in [0.3, 0.4) is 0 Å². The number of hydrogen-bond acceptors (Lipinski definition) is 3. The molecule has 1 aromatic heterocycles.